The average Bonchev–Trinajstić information content (AvgIpc) is 3.34. The highest BCUT2D eigenvalue weighted by Crippen LogP contribution is 2.49. The molecule has 37 heavy (non-hydrogen) atoms. The van der Waals surface area contributed by atoms with E-state index in [1.54, 1.807) is 7.11 Å². The lowest BCUT2D eigenvalue weighted by Gasteiger charge is -2.35. The number of aromatic hydroxyl groups is 1. The van der Waals surface area contributed by atoms with Crippen molar-refractivity contribution in [3.8, 4) is 28.8 Å². The zero-order valence-corrected chi connectivity index (χ0v) is 22.1. The van der Waals surface area contributed by atoms with Crippen LogP contribution in [-0.2, 0) is 6.42 Å². The maximum Gasteiger partial charge on any atom is 0.264 e. The second-order valence-corrected chi connectivity index (χ2v) is 9.92. The second kappa shape index (κ2) is 10.0. The van der Waals surface area contributed by atoms with Crippen molar-refractivity contribution in [3.05, 3.63) is 67.7 Å². The fourth-order valence-electron chi connectivity index (χ4n) is 4.90. The summed E-state index contributed by atoms with van der Waals surface area (Å²) in [5, 5.41) is 11.0. The largest absolute Gasteiger partial charge is 0.494 e. The highest BCUT2D eigenvalue weighted by molar-refractivity contribution is 7.71. The van der Waals surface area contributed by atoms with Crippen LogP contribution in [0.15, 0.2) is 40.1 Å². The van der Waals surface area contributed by atoms with Crippen LogP contribution in [0.2, 0.25) is 0 Å². The van der Waals surface area contributed by atoms with E-state index in [0.717, 1.165) is 29.7 Å². The Hall–Kier alpha value is -3.63. The van der Waals surface area contributed by atoms with Gasteiger partial charge in [-0.1, -0.05) is 26.0 Å². The van der Waals surface area contributed by atoms with Crippen LogP contribution in [-0.4, -0.2) is 59.8 Å². The molecule has 2 aliphatic heterocycles. The summed E-state index contributed by atoms with van der Waals surface area (Å²) in [6, 6.07) is 9.60. The van der Waals surface area contributed by atoms with Crippen molar-refractivity contribution >= 4 is 18.4 Å². The van der Waals surface area contributed by atoms with Crippen molar-refractivity contribution < 1.29 is 19.3 Å². The minimum Gasteiger partial charge on any atom is -0.494 e. The number of hydrogen-bond acceptors (Lipinski definition) is 8. The van der Waals surface area contributed by atoms with E-state index in [1.807, 2.05) is 37.4 Å². The third-order valence-corrected chi connectivity index (χ3v) is 7.27. The average molecular weight is 523 g/mol. The van der Waals surface area contributed by atoms with Crippen molar-refractivity contribution in [1.82, 2.24) is 14.5 Å². The molecule has 1 aromatic heterocycles. The molecule has 0 radical (unpaired) electrons. The van der Waals surface area contributed by atoms with Crippen LogP contribution in [0.5, 0.6) is 23.1 Å². The van der Waals surface area contributed by atoms with Crippen LogP contribution in [0.4, 0.5) is 0 Å². The standard InChI is InChI=1S/C27H30N4O5S/c1-15(2)16-5-7-18(8-6-16)31-26(33)19(25(32)29-27(31)37)12-28-13-20-22-17(9-10-30(20)3)11-21-23(24(22)34-4)36-14-35-21/h5-8,11-12,15,20,33H,9-10,13-14H2,1-4H3,(H,29,32,37)/t20-/m0/s1. The Bertz CT molecular complexity index is 1480. The van der Waals surface area contributed by atoms with Crippen molar-refractivity contribution in [1.29, 1.82) is 0 Å². The molecule has 0 fully saturated rings. The van der Waals surface area contributed by atoms with Gasteiger partial charge in [-0.3, -0.25) is 24.2 Å². The van der Waals surface area contributed by atoms with Crippen molar-refractivity contribution in [2.45, 2.75) is 32.2 Å². The summed E-state index contributed by atoms with van der Waals surface area (Å²) in [6.45, 7) is 5.56. The van der Waals surface area contributed by atoms with Gasteiger partial charge in [-0.15, -0.1) is 0 Å². The molecule has 9 nitrogen and oxygen atoms in total. The van der Waals surface area contributed by atoms with Crippen LogP contribution in [0.1, 0.15) is 48.1 Å². The summed E-state index contributed by atoms with van der Waals surface area (Å²) in [7, 11) is 3.64. The summed E-state index contributed by atoms with van der Waals surface area (Å²) < 4.78 is 18.5. The van der Waals surface area contributed by atoms with E-state index in [2.05, 4.69) is 28.7 Å². The van der Waals surface area contributed by atoms with Gasteiger partial charge in [-0.25, -0.2) is 0 Å². The fraction of sp³-hybridized carbons (Fsp3) is 0.370. The SMILES string of the molecule is COc1c2c(cc3c1[C@H](CN=Cc1c(O)n(-c4ccc(C(C)C)cc4)c(=S)[nH]c1=O)N(C)CC3)OCO2. The van der Waals surface area contributed by atoms with Gasteiger partial charge in [0.1, 0.15) is 5.56 Å². The zero-order valence-electron chi connectivity index (χ0n) is 21.3. The van der Waals surface area contributed by atoms with Crippen molar-refractivity contribution in [3.63, 3.8) is 0 Å². The Morgan fingerprint density at radius 1 is 1.30 bits per heavy atom. The van der Waals surface area contributed by atoms with Crippen LogP contribution in [0.25, 0.3) is 5.69 Å². The molecule has 0 spiro atoms. The number of likely N-dealkylation sites (N-methyl/N-ethyl adjacent to an activating group) is 1. The van der Waals surface area contributed by atoms with E-state index in [1.165, 1.54) is 10.8 Å². The van der Waals surface area contributed by atoms with E-state index < -0.39 is 5.56 Å². The third kappa shape index (κ3) is 4.51. The van der Waals surface area contributed by atoms with Gasteiger partial charge in [0.25, 0.3) is 5.56 Å². The number of ether oxygens (including phenoxy) is 3. The van der Waals surface area contributed by atoms with E-state index in [9.17, 15) is 9.90 Å². The number of benzene rings is 2. The molecule has 3 heterocycles. The number of aromatic nitrogens is 2. The number of rotatable bonds is 6. The van der Waals surface area contributed by atoms with Gasteiger partial charge in [0, 0.05) is 18.3 Å². The lowest BCUT2D eigenvalue weighted by Crippen LogP contribution is -2.34. The lowest BCUT2D eigenvalue weighted by molar-refractivity contribution is 0.170. The van der Waals surface area contributed by atoms with Crippen LogP contribution < -0.4 is 19.8 Å². The van der Waals surface area contributed by atoms with E-state index >= 15 is 0 Å². The highest BCUT2D eigenvalue weighted by Gasteiger charge is 2.33. The smallest absolute Gasteiger partial charge is 0.264 e. The molecule has 2 N–H and O–H groups in total. The summed E-state index contributed by atoms with van der Waals surface area (Å²) in [6.07, 6.45) is 2.25. The minimum atomic E-state index is -0.500. The zero-order chi connectivity index (χ0) is 26.3. The van der Waals surface area contributed by atoms with Crippen LogP contribution >= 0.6 is 12.2 Å². The molecule has 2 aliphatic rings. The van der Waals surface area contributed by atoms with Crippen LogP contribution in [0.3, 0.4) is 0 Å². The predicted molar refractivity (Wildman–Crippen MR) is 144 cm³/mol. The number of methoxy groups -OCH3 is 1. The molecule has 5 rings (SSSR count). The number of H-pyrrole nitrogens is 1. The molecule has 10 heteroatoms. The van der Waals surface area contributed by atoms with Gasteiger partial charge < -0.3 is 19.3 Å². The molecule has 0 aliphatic carbocycles. The molecular formula is C27H30N4O5S. The number of hydrogen-bond donors (Lipinski definition) is 2. The van der Waals surface area contributed by atoms with Gasteiger partial charge >= 0.3 is 0 Å². The van der Waals surface area contributed by atoms with Crippen molar-refractivity contribution in [2.24, 2.45) is 4.99 Å². The Labute approximate surface area is 220 Å². The monoisotopic (exact) mass is 522 g/mol. The van der Waals surface area contributed by atoms with E-state index in [0.29, 0.717) is 35.4 Å². The molecule has 0 unspecified atom stereocenters. The summed E-state index contributed by atoms with van der Waals surface area (Å²) in [5.41, 5.74) is 3.48. The summed E-state index contributed by atoms with van der Waals surface area (Å²) in [4.78, 5) is 22.1. The molecular weight excluding hydrogens is 492 g/mol. The summed E-state index contributed by atoms with van der Waals surface area (Å²) >= 11 is 5.35. The molecule has 0 amide bonds. The summed E-state index contributed by atoms with van der Waals surface area (Å²) in [5.74, 6) is 2.05. The molecule has 3 aromatic rings. The number of nitrogens with zero attached hydrogens (tertiary/aromatic N) is 3. The Balaban J connectivity index is 1.48. The maximum atomic E-state index is 12.7. The fourth-order valence-corrected chi connectivity index (χ4v) is 5.19. The molecule has 0 saturated carbocycles. The first-order chi connectivity index (χ1) is 17.8. The molecule has 194 valence electrons. The first-order valence-electron chi connectivity index (χ1n) is 12.2. The van der Waals surface area contributed by atoms with Crippen molar-refractivity contribution in [2.75, 3.05) is 34.0 Å². The molecule has 1 atom stereocenters. The van der Waals surface area contributed by atoms with Gasteiger partial charge in [-0.05, 0) is 60.9 Å². The third-order valence-electron chi connectivity index (χ3n) is 6.98. The second-order valence-electron chi connectivity index (χ2n) is 9.54. The topological polar surface area (TPSA) is 101 Å². The molecule has 2 aromatic carbocycles. The molecule has 0 bridgehead atoms. The minimum absolute atomic E-state index is 0.0397. The van der Waals surface area contributed by atoms with E-state index in [-0.39, 0.29) is 29.0 Å². The van der Waals surface area contributed by atoms with Gasteiger partial charge in [0.2, 0.25) is 18.4 Å². The van der Waals surface area contributed by atoms with E-state index in [4.69, 9.17) is 26.4 Å². The number of aliphatic imine (C=N–C) groups is 1. The molecule has 0 saturated heterocycles. The quantitative estimate of drug-likeness (QED) is 0.371. The number of nitrogens with one attached hydrogen (secondary N) is 1. The number of aromatic amines is 1. The van der Waals surface area contributed by atoms with Gasteiger partial charge in [-0.2, -0.15) is 0 Å². The lowest BCUT2D eigenvalue weighted by atomic mass is 9.91. The number of fused-ring (bicyclic) bond motifs is 2. The normalized spacial score (nSPS) is 16.9. The Morgan fingerprint density at radius 2 is 2.05 bits per heavy atom. The Kier molecular flexibility index (Phi) is 6.78. The van der Waals surface area contributed by atoms with Gasteiger partial charge in [0.05, 0.1) is 25.4 Å². The first-order valence-corrected chi connectivity index (χ1v) is 12.6. The Morgan fingerprint density at radius 3 is 2.76 bits per heavy atom. The highest BCUT2D eigenvalue weighted by atomic mass is 32.1. The van der Waals surface area contributed by atoms with Crippen LogP contribution in [0, 0.1) is 4.77 Å². The predicted octanol–water partition coefficient (Wildman–Crippen LogP) is 4.11. The maximum absolute atomic E-state index is 12.7. The van der Waals surface area contributed by atoms with Gasteiger partial charge in [0.15, 0.2) is 16.3 Å². The first kappa shape index (κ1) is 25.0.